The fourth-order valence-electron chi connectivity index (χ4n) is 3.55. The van der Waals surface area contributed by atoms with E-state index in [1.807, 2.05) is 0 Å². The first-order valence-electron chi connectivity index (χ1n) is 8.86. The predicted octanol–water partition coefficient (Wildman–Crippen LogP) is 2.28. The van der Waals surface area contributed by atoms with Crippen molar-refractivity contribution in [1.29, 1.82) is 0 Å². The summed E-state index contributed by atoms with van der Waals surface area (Å²) in [4.78, 5) is 1.92. The van der Waals surface area contributed by atoms with E-state index in [2.05, 4.69) is 4.90 Å². The van der Waals surface area contributed by atoms with E-state index in [9.17, 15) is 21.6 Å². The van der Waals surface area contributed by atoms with Crippen molar-refractivity contribution in [2.45, 2.75) is 48.8 Å². The summed E-state index contributed by atoms with van der Waals surface area (Å²) in [5, 5.41) is 0. The van der Waals surface area contributed by atoms with E-state index in [0.29, 0.717) is 19.4 Å². The highest BCUT2D eigenvalue weighted by Gasteiger charge is 2.44. The highest BCUT2D eigenvalue weighted by molar-refractivity contribution is 7.89. The Morgan fingerprint density at radius 2 is 1.73 bits per heavy atom. The van der Waals surface area contributed by atoms with Crippen molar-refractivity contribution >= 4 is 10.0 Å². The molecule has 9 heteroatoms. The Balaban J connectivity index is 1.84. The van der Waals surface area contributed by atoms with Crippen LogP contribution in [0.2, 0.25) is 0 Å². The van der Waals surface area contributed by atoms with Crippen LogP contribution in [0.5, 0.6) is 0 Å². The topological polar surface area (TPSA) is 66.6 Å². The number of halogens is 3. The first-order valence-corrected chi connectivity index (χ1v) is 10.3. The van der Waals surface area contributed by atoms with Crippen molar-refractivity contribution in [1.82, 2.24) is 9.21 Å². The molecule has 2 N–H and O–H groups in total. The quantitative estimate of drug-likeness (QED) is 0.808. The van der Waals surface area contributed by atoms with Crippen LogP contribution in [-0.2, 0) is 16.2 Å². The first-order chi connectivity index (χ1) is 12.2. The summed E-state index contributed by atoms with van der Waals surface area (Å²) >= 11 is 0. The van der Waals surface area contributed by atoms with Crippen LogP contribution < -0.4 is 5.73 Å². The molecule has 1 aromatic carbocycles. The number of nitrogens with two attached hydrogens (primary N) is 1. The second-order valence-corrected chi connectivity index (χ2v) is 8.80. The lowest BCUT2D eigenvalue weighted by Crippen LogP contribution is -2.49. The number of rotatable bonds is 6. The molecule has 0 bridgehead atoms. The van der Waals surface area contributed by atoms with Gasteiger partial charge in [0.2, 0.25) is 10.0 Å². The molecule has 2 fully saturated rings. The van der Waals surface area contributed by atoms with Crippen LogP contribution in [-0.4, -0.2) is 55.9 Å². The number of alkyl halides is 3. The average Bonchev–Trinajstić information content (AvgIpc) is 3.41. The van der Waals surface area contributed by atoms with Crippen LogP contribution in [0.3, 0.4) is 0 Å². The standard InChI is InChI=1S/C17H24F3N3O2S/c18-17(19,20)13-2-1-3-16(12-13)26(24,25)23(14-4-5-14)15-6-9-22(10-7-15)11-8-21/h1-3,12,14-15H,4-11,21H2. The van der Waals surface area contributed by atoms with E-state index < -0.39 is 21.8 Å². The molecule has 26 heavy (non-hydrogen) atoms. The Hall–Kier alpha value is -1.16. The highest BCUT2D eigenvalue weighted by Crippen LogP contribution is 2.38. The second kappa shape index (κ2) is 7.46. The number of sulfonamides is 1. The molecule has 1 aliphatic heterocycles. The Kier molecular flexibility index (Phi) is 5.62. The van der Waals surface area contributed by atoms with Gasteiger partial charge in [-0.2, -0.15) is 17.5 Å². The molecule has 3 rings (SSSR count). The van der Waals surface area contributed by atoms with Gasteiger partial charge >= 0.3 is 6.18 Å². The van der Waals surface area contributed by atoms with Crippen LogP contribution in [0.25, 0.3) is 0 Å². The summed E-state index contributed by atoms with van der Waals surface area (Å²) in [6.07, 6.45) is -1.69. The third-order valence-electron chi connectivity index (χ3n) is 5.01. The minimum atomic E-state index is -4.57. The van der Waals surface area contributed by atoms with Crippen molar-refractivity contribution < 1.29 is 21.6 Å². The Morgan fingerprint density at radius 1 is 1.12 bits per heavy atom. The van der Waals surface area contributed by atoms with Crippen LogP contribution in [0.15, 0.2) is 29.2 Å². The van der Waals surface area contributed by atoms with Gasteiger partial charge in [0, 0.05) is 25.2 Å². The van der Waals surface area contributed by atoms with Crippen LogP contribution in [0.1, 0.15) is 31.2 Å². The predicted molar refractivity (Wildman–Crippen MR) is 92.0 cm³/mol. The van der Waals surface area contributed by atoms with Gasteiger partial charge in [0.25, 0.3) is 0 Å². The molecule has 0 atom stereocenters. The number of nitrogens with zero attached hydrogens (tertiary/aromatic N) is 2. The molecule has 1 aromatic rings. The Morgan fingerprint density at radius 3 is 2.27 bits per heavy atom. The molecule has 146 valence electrons. The van der Waals surface area contributed by atoms with Gasteiger partial charge in [0.15, 0.2) is 0 Å². The third kappa shape index (κ3) is 4.21. The molecule has 1 saturated carbocycles. The van der Waals surface area contributed by atoms with Crippen LogP contribution in [0, 0.1) is 0 Å². The van der Waals surface area contributed by atoms with Crippen molar-refractivity contribution in [3.8, 4) is 0 Å². The van der Waals surface area contributed by atoms with E-state index >= 15 is 0 Å². The number of hydrogen-bond donors (Lipinski definition) is 1. The number of benzene rings is 1. The lowest BCUT2D eigenvalue weighted by Gasteiger charge is -2.38. The molecule has 0 unspecified atom stereocenters. The van der Waals surface area contributed by atoms with Crippen LogP contribution in [0.4, 0.5) is 13.2 Å². The third-order valence-corrected chi connectivity index (χ3v) is 7.01. The summed E-state index contributed by atoms with van der Waals surface area (Å²) in [6.45, 7) is 2.84. The smallest absolute Gasteiger partial charge is 0.329 e. The molecule has 1 aliphatic carbocycles. The maximum atomic E-state index is 13.1. The number of likely N-dealkylation sites (tertiary alicyclic amines) is 1. The molecule has 0 radical (unpaired) electrons. The minimum absolute atomic E-state index is 0.0967. The highest BCUT2D eigenvalue weighted by atomic mass is 32.2. The van der Waals surface area contributed by atoms with Crippen LogP contribution >= 0.6 is 0 Å². The molecule has 0 spiro atoms. The summed E-state index contributed by atoms with van der Waals surface area (Å²) in [7, 11) is -3.96. The lowest BCUT2D eigenvalue weighted by molar-refractivity contribution is -0.137. The van der Waals surface area contributed by atoms with E-state index in [0.717, 1.165) is 50.7 Å². The zero-order chi connectivity index (χ0) is 18.9. The molecule has 0 aromatic heterocycles. The Labute approximate surface area is 152 Å². The maximum Gasteiger partial charge on any atom is 0.416 e. The van der Waals surface area contributed by atoms with Gasteiger partial charge in [-0.15, -0.1) is 0 Å². The largest absolute Gasteiger partial charge is 0.416 e. The molecule has 1 heterocycles. The summed E-state index contributed by atoms with van der Waals surface area (Å²) < 4.78 is 66.6. The minimum Gasteiger partial charge on any atom is -0.329 e. The molecule has 1 saturated heterocycles. The SMILES string of the molecule is NCCN1CCC(N(C2CC2)S(=O)(=O)c2cccc(C(F)(F)F)c2)CC1. The van der Waals surface area contributed by atoms with Gasteiger partial charge in [-0.3, -0.25) is 0 Å². The van der Waals surface area contributed by atoms with Crippen molar-refractivity contribution in [2.24, 2.45) is 5.73 Å². The van der Waals surface area contributed by atoms with Gasteiger partial charge in [0.1, 0.15) is 0 Å². The van der Waals surface area contributed by atoms with Crippen molar-refractivity contribution in [2.75, 3.05) is 26.2 Å². The van der Waals surface area contributed by atoms with E-state index in [1.54, 1.807) is 0 Å². The van der Waals surface area contributed by atoms with Crippen molar-refractivity contribution in [3.63, 3.8) is 0 Å². The molecule has 2 aliphatic rings. The second-order valence-electron chi connectivity index (χ2n) is 6.95. The molecule has 5 nitrogen and oxygen atoms in total. The fourth-order valence-corrected chi connectivity index (χ4v) is 5.53. The van der Waals surface area contributed by atoms with Gasteiger partial charge < -0.3 is 10.6 Å². The monoisotopic (exact) mass is 391 g/mol. The van der Waals surface area contributed by atoms with E-state index in [4.69, 9.17) is 5.73 Å². The van der Waals surface area contributed by atoms with Gasteiger partial charge in [-0.1, -0.05) is 6.07 Å². The Bertz CT molecular complexity index is 727. The summed E-state index contributed by atoms with van der Waals surface area (Å²) in [5.74, 6) is 0. The fraction of sp³-hybridized carbons (Fsp3) is 0.647. The van der Waals surface area contributed by atoms with Gasteiger partial charge in [-0.05, 0) is 57.0 Å². The van der Waals surface area contributed by atoms with Gasteiger partial charge in [-0.25, -0.2) is 8.42 Å². The first kappa shape index (κ1) is 19.6. The zero-order valence-corrected chi connectivity index (χ0v) is 15.3. The zero-order valence-electron chi connectivity index (χ0n) is 14.5. The normalized spacial score (nSPS) is 20.7. The van der Waals surface area contributed by atoms with E-state index in [1.165, 1.54) is 10.4 Å². The molecular weight excluding hydrogens is 367 g/mol. The summed E-state index contributed by atoms with van der Waals surface area (Å²) in [5.41, 5.74) is 4.63. The number of hydrogen-bond acceptors (Lipinski definition) is 4. The maximum absolute atomic E-state index is 13.1. The van der Waals surface area contributed by atoms with Crippen molar-refractivity contribution in [3.05, 3.63) is 29.8 Å². The number of piperidine rings is 1. The molecule has 0 amide bonds. The van der Waals surface area contributed by atoms with Gasteiger partial charge in [0.05, 0.1) is 10.5 Å². The lowest BCUT2D eigenvalue weighted by atomic mass is 10.1. The van der Waals surface area contributed by atoms with E-state index in [-0.39, 0.29) is 17.0 Å². The molecular formula is C17H24F3N3O2S. The summed E-state index contributed by atoms with van der Waals surface area (Å²) in [6, 6.07) is 3.78. The average molecular weight is 391 g/mol.